The highest BCUT2D eigenvalue weighted by atomic mass is 16.5. The van der Waals surface area contributed by atoms with E-state index in [-0.39, 0.29) is 19.1 Å². The molecule has 0 aliphatic carbocycles. The molecule has 2 amide bonds. The molecule has 0 unspecified atom stereocenters. The standard InChI is InChI=1S/C20H22N2O5/c1-3-26-17-10-8-14(9-11-17)19(24)21-13-18(23)22-16-7-5-6-15(12-16)20(25)27-4-2/h5-12H,3-4,13H2,1-2H3,(H,21,24)(H,22,23). The molecule has 0 bridgehead atoms. The summed E-state index contributed by atoms with van der Waals surface area (Å²) in [4.78, 5) is 35.8. The van der Waals surface area contributed by atoms with E-state index < -0.39 is 11.9 Å². The van der Waals surface area contributed by atoms with E-state index in [0.717, 1.165) is 0 Å². The third-order valence-corrected chi connectivity index (χ3v) is 3.49. The summed E-state index contributed by atoms with van der Waals surface area (Å²) in [6, 6.07) is 13.0. The van der Waals surface area contributed by atoms with Gasteiger partial charge in [-0.25, -0.2) is 4.79 Å². The molecule has 0 fully saturated rings. The van der Waals surface area contributed by atoms with Crippen LogP contribution in [0.3, 0.4) is 0 Å². The Morgan fingerprint density at radius 3 is 2.33 bits per heavy atom. The number of amides is 2. The fourth-order valence-corrected chi connectivity index (χ4v) is 2.28. The molecule has 2 N–H and O–H groups in total. The third-order valence-electron chi connectivity index (χ3n) is 3.49. The van der Waals surface area contributed by atoms with Gasteiger partial charge in [-0.2, -0.15) is 0 Å². The Kier molecular flexibility index (Phi) is 7.37. The molecular weight excluding hydrogens is 348 g/mol. The van der Waals surface area contributed by atoms with Crippen molar-refractivity contribution in [3.63, 3.8) is 0 Å². The van der Waals surface area contributed by atoms with Crippen molar-refractivity contribution >= 4 is 23.5 Å². The van der Waals surface area contributed by atoms with Gasteiger partial charge in [0.25, 0.3) is 5.91 Å². The van der Waals surface area contributed by atoms with Gasteiger partial charge in [-0.3, -0.25) is 9.59 Å². The number of esters is 1. The number of hydrogen-bond donors (Lipinski definition) is 2. The number of rotatable bonds is 8. The summed E-state index contributed by atoms with van der Waals surface area (Å²) in [7, 11) is 0. The minimum Gasteiger partial charge on any atom is -0.494 e. The monoisotopic (exact) mass is 370 g/mol. The van der Waals surface area contributed by atoms with Gasteiger partial charge in [0.1, 0.15) is 5.75 Å². The fourth-order valence-electron chi connectivity index (χ4n) is 2.28. The lowest BCUT2D eigenvalue weighted by Gasteiger charge is -2.09. The number of nitrogens with one attached hydrogen (secondary N) is 2. The first-order chi connectivity index (χ1) is 13.0. The average Bonchev–Trinajstić information content (AvgIpc) is 2.67. The Bertz CT molecular complexity index is 802. The Labute approximate surface area is 157 Å². The number of benzene rings is 2. The van der Waals surface area contributed by atoms with Crippen LogP contribution in [0.25, 0.3) is 0 Å². The van der Waals surface area contributed by atoms with E-state index in [0.29, 0.717) is 29.2 Å². The van der Waals surface area contributed by atoms with Crippen LogP contribution in [0, 0.1) is 0 Å². The number of hydrogen-bond acceptors (Lipinski definition) is 5. The molecule has 0 spiro atoms. The molecule has 0 saturated carbocycles. The molecule has 2 aromatic carbocycles. The van der Waals surface area contributed by atoms with E-state index >= 15 is 0 Å². The van der Waals surface area contributed by atoms with Crippen molar-refractivity contribution in [2.24, 2.45) is 0 Å². The summed E-state index contributed by atoms with van der Waals surface area (Å²) in [5, 5.41) is 5.18. The van der Waals surface area contributed by atoms with Gasteiger partial charge in [-0.05, 0) is 56.3 Å². The Balaban J connectivity index is 1.87. The van der Waals surface area contributed by atoms with Gasteiger partial charge in [-0.15, -0.1) is 0 Å². The molecule has 2 aromatic rings. The second kappa shape index (κ2) is 9.96. The molecule has 27 heavy (non-hydrogen) atoms. The average molecular weight is 370 g/mol. The van der Waals surface area contributed by atoms with Gasteiger partial charge in [0.2, 0.25) is 5.91 Å². The summed E-state index contributed by atoms with van der Waals surface area (Å²) in [6.07, 6.45) is 0. The largest absolute Gasteiger partial charge is 0.494 e. The topological polar surface area (TPSA) is 93.7 Å². The van der Waals surface area contributed by atoms with Crippen LogP contribution in [0.4, 0.5) is 5.69 Å². The number of carbonyl (C=O) groups is 3. The second-order valence-electron chi connectivity index (χ2n) is 5.49. The SMILES string of the molecule is CCOC(=O)c1cccc(NC(=O)CNC(=O)c2ccc(OCC)cc2)c1. The van der Waals surface area contributed by atoms with Crippen LogP contribution in [-0.4, -0.2) is 37.5 Å². The van der Waals surface area contributed by atoms with Crippen molar-refractivity contribution in [2.75, 3.05) is 25.1 Å². The summed E-state index contributed by atoms with van der Waals surface area (Å²) in [5.41, 5.74) is 1.21. The molecule has 0 radical (unpaired) electrons. The first-order valence-electron chi connectivity index (χ1n) is 8.61. The van der Waals surface area contributed by atoms with Crippen LogP contribution in [0.1, 0.15) is 34.6 Å². The minimum absolute atomic E-state index is 0.199. The molecule has 0 aliphatic heterocycles. The highest BCUT2D eigenvalue weighted by Gasteiger charge is 2.10. The molecule has 7 nitrogen and oxygen atoms in total. The van der Waals surface area contributed by atoms with Gasteiger partial charge in [-0.1, -0.05) is 6.07 Å². The molecule has 0 atom stereocenters. The van der Waals surface area contributed by atoms with E-state index in [9.17, 15) is 14.4 Å². The summed E-state index contributed by atoms with van der Waals surface area (Å²) >= 11 is 0. The predicted octanol–water partition coefficient (Wildman–Crippen LogP) is 2.63. The molecule has 2 rings (SSSR count). The fraction of sp³-hybridized carbons (Fsp3) is 0.250. The van der Waals surface area contributed by atoms with Crippen molar-refractivity contribution in [1.29, 1.82) is 0 Å². The molecule has 0 aromatic heterocycles. The highest BCUT2D eigenvalue weighted by molar-refractivity contribution is 6.00. The third kappa shape index (κ3) is 6.14. The van der Waals surface area contributed by atoms with E-state index in [2.05, 4.69) is 10.6 Å². The smallest absolute Gasteiger partial charge is 0.338 e. The Hall–Kier alpha value is -3.35. The van der Waals surface area contributed by atoms with E-state index in [1.807, 2.05) is 6.92 Å². The summed E-state index contributed by atoms with van der Waals surface area (Å²) in [6.45, 7) is 4.21. The number of ether oxygens (including phenoxy) is 2. The zero-order valence-electron chi connectivity index (χ0n) is 15.3. The predicted molar refractivity (Wildman–Crippen MR) is 101 cm³/mol. The Morgan fingerprint density at radius 1 is 0.926 bits per heavy atom. The maximum atomic E-state index is 12.1. The van der Waals surface area contributed by atoms with E-state index in [1.54, 1.807) is 49.4 Å². The number of anilines is 1. The first kappa shape index (κ1) is 20.0. The van der Waals surface area contributed by atoms with Gasteiger partial charge < -0.3 is 20.1 Å². The minimum atomic E-state index is -0.461. The van der Waals surface area contributed by atoms with Crippen molar-refractivity contribution in [3.8, 4) is 5.75 Å². The molecule has 142 valence electrons. The molecule has 0 aliphatic rings. The quantitative estimate of drug-likeness (QED) is 0.697. The van der Waals surface area contributed by atoms with Gasteiger partial charge in [0.05, 0.1) is 25.3 Å². The lowest BCUT2D eigenvalue weighted by molar-refractivity contribution is -0.115. The van der Waals surface area contributed by atoms with Crippen LogP contribution in [0.15, 0.2) is 48.5 Å². The van der Waals surface area contributed by atoms with Crippen LogP contribution in [-0.2, 0) is 9.53 Å². The van der Waals surface area contributed by atoms with Crippen molar-refractivity contribution in [1.82, 2.24) is 5.32 Å². The first-order valence-corrected chi connectivity index (χ1v) is 8.61. The summed E-state index contributed by atoms with van der Waals surface area (Å²) in [5.74, 6) is -0.561. The lowest BCUT2D eigenvalue weighted by atomic mass is 10.2. The molecule has 7 heteroatoms. The lowest BCUT2D eigenvalue weighted by Crippen LogP contribution is -2.32. The van der Waals surface area contributed by atoms with E-state index in [4.69, 9.17) is 9.47 Å². The van der Waals surface area contributed by atoms with Crippen LogP contribution in [0.2, 0.25) is 0 Å². The van der Waals surface area contributed by atoms with Crippen molar-refractivity contribution in [3.05, 3.63) is 59.7 Å². The molecular formula is C20H22N2O5. The molecule has 0 saturated heterocycles. The summed E-state index contributed by atoms with van der Waals surface area (Å²) < 4.78 is 10.2. The van der Waals surface area contributed by atoms with Crippen molar-refractivity contribution in [2.45, 2.75) is 13.8 Å². The van der Waals surface area contributed by atoms with Crippen molar-refractivity contribution < 1.29 is 23.9 Å². The maximum absolute atomic E-state index is 12.1. The van der Waals surface area contributed by atoms with Gasteiger partial charge in [0.15, 0.2) is 0 Å². The normalized spacial score (nSPS) is 10.0. The molecule has 0 heterocycles. The van der Waals surface area contributed by atoms with Crippen LogP contribution in [0.5, 0.6) is 5.75 Å². The zero-order chi connectivity index (χ0) is 19.6. The van der Waals surface area contributed by atoms with Crippen LogP contribution < -0.4 is 15.4 Å². The highest BCUT2D eigenvalue weighted by Crippen LogP contribution is 2.13. The maximum Gasteiger partial charge on any atom is 0.338 e. The number of carbonyl (C=O) groups excluding carboxylic acids is 3. The van der Waals surface area contributed by atoms with Crippen LogP contribution >= 0.6 is 0 Å². The Morgan fingerprint density at radius 2 is 1.67 bits per heavy atom. The van der Waals surface area contributed by atoms with Gasteiger partial charge in [0, 0.05) is 11.3 Å². The van der Waals surface area contributed by atoms with E-state index in [1.165, 1.54) is 6.07 Å². The van der Waals surface area contributed by atoms with Gasteiger partial charge >= 0.3 is 5.97 Å². The second-order valence-corrected chi connectivity index (χ2v) is 5.49. The zero-order valence-corrected chi connectivity index (χ0v) is 15.3.